The van der Waals surface area contributed by atoms with E-state index in [2.05, 4.69) is 5.32 Å². The van der Waals surface area contributed by atoms with Crippen molar-refractivity contribution >= 4 is 0 Å². The average molecular weight is 169 g/mol. The van der Waals surface area contributed by atoms with Crippen molar-refractivity contribution in [3.05, 3.63) is 0 Å². The number of aliphatic hydroxyl groups excluding tert-OH is 1. The molecule has 70 valence electrons. The SMILES string of the molecule is OCC[C@H]1CCCN[C@@H]1C1CC1. The van der Waals surface area contributed by atoms with E-state index in [-0.39, 0.29) is 0 Å². The maximum Gasteiger partial charge on any atom is 0.0434 e. The van der Waals surface area contributed by atoms with Crippen molar-refractivity contribution in [3.8, 4) is 0 Å². The van der Waals surface area contributed by atoms with Crippen molar-refractivity contribution in [2.45, 2.75) is 38.1 Å². The molecule has 12 heavy (non-hydrogen) atoms. The van der Waals surface area contributed by atoms with Crippen LogP contribution in [0.15, 0.2) is 0 Å². The molecule has 0 spiro atoms. The van der Waals surface area contributed by atoms with Gasteiger partial charge >= 0.3 is 0 Å². The minimum absolute atomic E-state index is 0.371. The summed E-state index contributed by atoms with van der Waals surface area (Å²) in [6, 6.07) is 0.742. The quantitative estimate of drug-likeness (QED) is 0.664. The van der Waals surface area contributed by atoms with Gasteiger partial charge in [0.25, 0.3) is 0 Å². The van der Waals surface area contributed by atoms with Gasteiger partial charge in [-0.05, 0) is 50.5 Å². The van der Waals surface area contributed by atoms with Crippen LogP contribution in [0.1, 0.15) is 32.1 Å². The average Bonchev–Trinajstić information content (AvgIpc) is 2.89. The molecule has 2 N–H and O–H groups in total. The molecule has 2 nitrogen and oxygen atoms in total. The largest absolute Gasteiger partial charge is 0.396 e. The van der Waals surface area contributed by atoms with E-state index in [0.717, 1.165) is 24.3 Å². The fourth-order valence-electron chi connectivity index (χ4n) is 2.48. The molecule has 2 fully saturated rings. The summed E-state index contributed by atoms with van der Waals surface area (Å²) in [6.07, 6.45) is 6.47. The molecule has 0 aromatic carbocycles. The molecular weight excluding hydrogens is 150 g/mol. The molecule has 2 aliphatic rings. The Morgan fingerprint density at radius 3 is 2.75 bits per heavy atom. The third-order valence-electron chi connectivity index (χ3n) is 3.27. The highest BCUT2D eigenvalue weighted by molar-refractivity contribution is 4.92. The van der Waals surface area contributed by atoms with Crippen LogP contribution in [0.2, 0.25) is 0 Å². The zero-order valence-corrected chi connectivity index (χ0v) is 7.63. The second-order valence-electron chi connectivity index (χ2n) is 4.23. The van der Waals surface area contributed by atoms with Gasteiger partial charge in [-0.1, -0.05) is 0 Å². The molecule has 0 radical (unpaired) electrons. The molecule has 0 aromatic rings. The van der Waals surface area contributed by atoms with Crippen molar-refractivity contribution in [3.63, 3.8) is 0 Å². The van der Waals surface area contributed by atoms with Crippen molar-refractivity contribution in [2.75, 3.05) is 13.2 Å². The molecule has 2 atom stereocenters. The van der Waals surface area contributed by atoms with E-state index in [1.807, 2.05) is 0 Å². The Labute approximate surface area is 74.4 Å². The van der Waals surface area contributed by atoms with Crippen LogP contribution in [0.4, 0.5) is 0 Å². The Morgan fingerprint density at radius 2 is 2.08 bits per heavy atom. The number of rotatable bonds is 3. The van der Waals surface area contributed by atoms with Crippen LogP contribution in [0, 0.1) is 11.8 Å². The Balaban J connectivity index is 1.87. The molecule has 0 bridgehead atoms. The number of hydrogen-bond donors (Lipinski definition) is 2. The lowest BCUT2D eigenvalue weighted by molar-refractivity contribution is 0.189. The van der Waals surface area contributed by atoms with Gasteiger partial charge in [-0.15, -0.1) is 0 Å². The topological polar surface area (TPSA) is 32.3 Å². The van der Waals surface area contributed by atoms with Crippen LogP contribution in [0.5, 0.6) is 0 Å². The van der Waals surface area contributed by atoms with Crippen molar-refractivity contribution in [1.82, 2.24) is 5.32 Å². The molecular formula is C10H19NO. The van der Waals surface area contributed by atoms with E-state index in [4.69, 9.17) is 5.11 Å². The molecule has 1 saturated heterocycles. The summed E-state index contributed by atoms with van der Waals surface area (Å²) in [5.41, 5.74) is 0. The fraction of sp³-hybridized carbons (Fsp3) is 1.00. The summed E-state index contributed by atoms with van der Waals surface area (Å²) >= 11 is 0. The molecule has 1 saturated carbocycles. The van der Waals surface area contributed by atoms with Gasteiger partial charge in [0.1, 0.15) is 0 Å². The Morgan fingerprint density at radius 1 is 1.25 bits per heavy atom. The van der Waals surface area contributed by atoms with E-state index >= 15 is 0 Å². The summed E-state index contributed by atoms with van der Waals surface area (Å²) in [5, 5.41) is 12.5. The lowest BCUT2D eigenvalue weighted by atomic mass is 9.86. The van der Waals surface area contributed by atoms with Crippen molar-refractivity contribution in [2.24, 2.45) is 11.8 Å². The predicted octanol–water partition coefficient (Wildman–Crippen LogP) is 1.15. The summed E-state index contributed by atoms with van der Waals surface area (Å²) in [6.45, 7) is 1.57. The molecule has 0 aromatic heterocycles. The molecule has 2 rings (SSSR count). The Hall–Kier alpha value is -0.0800. The van der Waals surface area contributed by atoms with E-state index in [1.54, 1.807) is 0 Å². The first-order chi connectivity index (χ1) is 5.92. The Kier molecular flexibility index (Phi) is 2.66. The monoisotopic (exact) mass is 169 g/mol. The Bertz CT molecular complexity index is 143. The van der Waals surface area contributed by atoms with Gasteiger partial charge < -0.3 is 10.4 Å². The van der Waals surface area contributed by atoms with Gasteiger partial charge in [0.2, 0.25) is 0 Å². The maximum atomic E-state index is 8.91. The normalized spacial score (nSPS) is 36.8. The van der Waals surface area contributed by atoms with Gasteiger partial charge in [0.15, 0.2) is 0 Å². The molecule has 0 amide bonds. The molecule has 0 unspecified atom stereocenters. The summed E-state index contributed by atoms with van der Waals surface area (Å²) in [5.74, 6) is 1.71. The van der Waals surface area contributed by atoms with Crippen LogP contribution in [0.25, 0.3) is 0 Å². The standard InChI is InChI=1S/C10H19NO/c12-7-5-8-2-1-6-11-10(8)9-3-4-9/h8-12H,1-7H2/t8-,10+/m1/s1. The number of hydrogen-bond acceptors (Lipinski definition) is 2. The van der Waals surface area contributed by atoms with Gasteiger partial charge in [0, 0.05) is 12.6 Å². The van der Waals surface area contributed by atoms with Crippen LogP contribution < -0.4 is 5.32 Å². The number of nitrogens with one attached hydrogen (secondary N) is 1. The first-order valence-electron chi connectivity index (χ1n) is 5.26. The third kappa shape index (κ3) is 1.80. The maximum absolute atomic E-state index is 8.91. The van der Waals surface area contributed by atoms with E-state index in [0.29, 0.717) is 6.61 Å². The van der Waals surface area contributed by atoms with Gasteiger partial charge in [-0.25, -0.2) is 0 Å². The molecule has 2 heteroatoms. The highest BCUT2D eigenvalue weighted by atomic mass is 16.3. The van der Waals surface area contributed by atoms with Gasteiger partial charge in [0.05, 0.1) is 0 Å². The van der Waals surface area contributed by atoms with E-state index < -0.39 is 0 Å². The van der Waals surface area contributed by atoms with Crippen LogP contribution in [-0.4, -0.2) is 24.3 Å². The highest BCUT2D eigenvalue weighted by Crippen LogP contribution is 2.39. The number of aliphatic hydroxyl groups is 1. The first kappa shape index (κ1) is 8.52. The molecule has 1 heterocycles. The second kappa shape index (κ2) is 3.75. The smallest absolute Gasteiger partial charge is 0.0434 e. The lowest BCUT2D eigenvalue weighted by Crippen LogP contribution is -2.43. The third-order valence-corrected chi connectivity index (χ3v) is 3.27. The number of piperidine rings is 1. The van der Waals surface area contributed by atoms with E-state index in [9.17, 15) is 0 Å². The van der Waals surface area contributed by atoms with Crippen molar-refractivity contribution in [1.29, 1.82) is 0 Å². The summed E-state index contributed by atoms with van der Waals surface area (Å²) < 4.78 is 0. The van der Waals surface area contributed by atoms with Crippen LogP contribution in [0.3, 0.4) is 0 Å². The minimum atomic E-state index is 0.371. The zero-order chi connectivity index (χ0) is 8.39. The summed E-state index contributed by atoms with van der Waals surface area (Å²) in [7, 11) is 0. The summed E-state index contributed by atoms with van der Waals surface area (Å²) in [4.78, 5) is 0. The highest BCUT2D eigenvalue weighted by Gasteiger charge is 2.37. The first-order valence-corrected chi connectivity index (χ1v) is 5.26. The van der Waals surface area contributed by atoms with E-state index in [1.165, 1.54) is 32.2 Å². The van der Waals surface area contributed by atoms with Gasteiger partial charge in [-0.2, -0.15) is 0 Å². The second-order valence-corrected chi connectivity index (χ2v) is 4.23. The van der Waals surface area contributed by atoms with Crippen LogP contribution in [-0.2, 0) is 0 Å². The van der Waals surface area contributed by atoms with Gasteiger partial charge in [-0.3, -0.25) is 0 Å². The minimum Gasteiger partial charge on any atom is -0.396 e. The lowest BCUT2D eigenvalue weighted by Gasteiger charge is -2.32. The predicted molar refractivity (Wildman–Crippen MR) is 48.9 cm³/mol. The fourth-order valence-corrected chi connectivity index (χ4v) is 2.48. The molecule has 1 aliphatic carbocycles. The molecule has 1 aliphatic heterocycles. The van der Waals surface area contributed by atoms with Crippen LogP contribution >= 0.6 is 0 Å². The zero-order valence-electron chi connectivity index (χ0n) is 7.63. The van der Waals surface area contributed by atoms with Crippen molar-refractivity contribution < 1.29 is 5.11 Å².